The summed E-state index contributed by atoms with van der Waals surface area (Å²) < 4.78 is 15.8. The standard InChI is InChI=1S/C3BrFNO/c4-3-6-1-2(5)7-3. The van der Waals surface area contributed by atoms with E-state index >= 15 is 0 Å². The Morgan fingerprint density at radius 3 is 2.71 bits per heavy atom. The summed E-state index contributed by atoms with van der Waals surface area (Å²) in [7, 11) is 0. The molecule has 4 heteroatoms. The van der Waals surface area contributed by atoms with E-state index in [1.54, 1.807) is 0 Å². The molecule has 0 spiro atoms. The molecule has 7 heavy (non-hydrogen) atoms. The maximum absolute atomic E-state index is 11.6. The summed E-state index contributed by atoms with van der Waals surface area (Å²) in [5.41, 5.74) is 0. The van der Waals surface area contributed by atoms with Gasteiger partial charge in [-0.3, -0.25) is 0 Å². The molecule has 0 saturated heterocycles. The van der Waals surface area contributed by atoms with Gasteiger partial charge in [0.2, 0.25) is 0 Å². The van der Waals surface area contributed by atoms with Crippen LogP contribution in [-0.4, -0.2) is 4.98 Å². The summed E-state index contributed by atoms with van der Waals surface area (Å²) in [6.45, 7) is 0. The average Bonchev–Trinajstić information content (AvgIpc) is 1.87. The Bertz CT molecular complexity index is 147. The summed E-state index contributed by atoms with van der Waals surface area (Å²) in [6, 6.07) is -0.799. The third kappa shape index (κ3) is 0.991. The number of halogens is 2. The summed E-state index contributed by atoms with van der Waals surface area (Å²) in [4.78, 5) is 3.38. The van der Waals surface area contributed by atoms with Crippen molar-refractivity contribution in [3.8, 4) is 0 Å². The lowest BCUT2D eigenvalue weighted by Crippen LogP contribution is -1.54. The van der Waals surface area contributed by atoms with E-state index in [0.717, 1.165) is 0 Å². The molecular formula is C3BrFNO. The van der Waals surface area contributed by atoms with Gasteiger partial charge in [-0.15, -0.1) is 0 Å². The fraction of sp³-hybridized carbons (Fsp3) is 0. The minimum absolute atomic E-state index is 0.116. The van der Waals surface area contributed by atoms with E-state index in [0.29, 0.717) is 0 Å². The molecular weight excluding hydrogens is 165 g/mol. The summed E-state index contributed by atoms with van der Waals surface area (Å²) in [5, 5.41) is 0. The first-order valence-corrected chi connectivity index (χ1v) is 2.28. The highest BCUT2D eigenvalue weighted by Gasteiger charge is 1.95. The van der Waals surface area contributed by atoms with Crippen LogP contribution in [0, 0.1) is 12.2 Å². The maximum atomic E-state index is 11.6. The van der Waals surface area contributed by atoms with Gasteiger partial charge in [-0.25, -0.2) is 0 Å². The molecule has 0 unspecified atom stereocenters. The third-order valence-electron chi connectivity index (χ3n) is 0.406. The third-order valence-corrected chi connectivity index (χ3v) is 0.745. The van der Waals surface area contributed by atoms with E-state index in [9.17, 15) is 4.39 Å². The van der Waals surface area contributed by atoms with Crippen LogP contribution in [0.15, 0.2) is 9.22 Å². The van der Waals surface area contributed by atoms with Crippen molar-refractivity contribution in [2.75, 3.05) is 0 Å². The van der Waals surface area contributed by atoms with Crippen molar-refractivity contribution in [1.29, 1.82) is 0 Å². The SMILES string of the molecule is Fc1[c]nc(Br)o1. The number of nitrogens with zero attached hydrogens (tertiary/aromatic N) is 1. The van der Waals surface area contributed by atoms with Crippen LogP contribution in [0.25, 0.3) is 0 Å². The molecule has 0 saturated carbocycles. The molecule has 1 heterocycles. The quantitative estimate of drug-likeness (QED) is 0.580. The van der Waals surface area contributed by atoms with Crippen molar-refractivity contribution in [3.05, 3.63) is 17.0 Å². The predicted octanol–water partition coefficient (Wildman–Crippen LogP) is 1.38. The van der Waals surface area contributed by atoms with Gasteiger partial charge in [0.1, 0.15) is 0 Å². The topological polar surface area (TPSA) is 26.0 Å². The number of oxazole rings is 1. The highest BCUT2D eigenvalue weighted by atomic mass is 79.9. The molecule has 0 aromatic carbocycles. The fourth-order valence-corrected chi connectivity index (χ4v) is 0.438. The molecule has 1 aromatic heterocycles. The van der Waals surface area contributed by atoms with Crippen LogP contribution in [0.3, 0.4) is 0 Å². The Kier molecular flexibility index (Phi) is 1.10. The molecule has 1 rings (SSSR count). The molecule has 0 bridgehead atoms. The molecule has 0 aliphatic carbocycles. The van der Waals surface area contributed by atoms with Crippen LogP contribution < -0.4 is 0 Å². The number of aromatic nitrogens is 1. The molecule has 0 atom stereocenters. The van der Waals surface area contributed by atoms with E-state index in [4.69, 9.17) is 0 Å². The Morgan fingerprint density at radius 2 is 2.57 bits per heavy atom. The molecule has 37 valence electrons. The van der Waals surface area contributed by atoms with Crippen molar-refractivity contribution in [1.82, 2.24) is 4.98 Å². The summed E-state index contributed by atoms with van der Waals surface area (Å²) in [5.74, 6) is 0. The molecule has 0 N–H and O–H groups in total. The van der Waals surface area contributed by atoms with Crippen LogP contribution in [0.5, 0.6) is 0 Å². The van der Waals surface area contributed by atoms with Crippen molar-refractivity contribution < 1.29 is 8.81 Å². The Hall–Kier alpha value is -0.380. The zero-order chi connectivity index (χ0) is 5.28. The second-order valence-corrected chi connectivity index (χ2v) is 1.53. The Balaban J connectivity index is 3.04. The summed E-state index contributed by atoms with van der Waals surface area (Å²) >= 11 is 2.78. The highest BCUT2D eigenvalue weighted by Crippen LogP contribution is 2.05. The molecule has 0 aliphatic heterocycles. The van der Waals surface area contributed by atoms with Crippen LogP contribution in [0.2, 0.25) is 0 Å². The van der Waals surface area contributed by atoms with E-state index in [2.05, 4.69) is 25.3 Å². The highest BCUT2D eigenvalue weighted by molar-refractivity contribution is 9.10. The van der Waals surface area contributed by atoms with Gasteiger partial charge < -0.3 is 4.42 Å². The van der Waals surface area contributed by atoms with E-state index in [-0.39, 0.29) is 4.80 Å². The first-order valence-electron chi connectivity index (χ1n) is 1.48. The second-order valence-electron chi connectivity index (χ2n) is 0.852. The van der Waals surface area contributed by atoms with E-state index in [1.165, 1.54) is 0 Å². The van der Waals surface area contributed by atoms with Gasteiger partial charge in [0.15, 0.2) is 6.20 Å². The lowest BCUT2D eigenvalue weighted by molar-refractivity contribution is 0.344. The normalized spacial score (nSPS) is 9.43. The number of hydrogen-bond donors (Lipinski definition) is 0. The first-order chi connectivity index (χ1) is 3.29. The van der Waals surface area contributed by atoms with E-state index in [1.807, 2.05) is 6.20 Å². The predicted molar refractivity (Wildman–Crippen MR) is 23.0 cm³/mol. The maximum Gasteiger partial charge on any atom is 0.308 e. The van der Waals surface area contributed by atoms with Crippen molar-refractivity contribution in [2.24, 2.45) is 0 Å². The van der Waals surface area contributed by atoms with Gasteiger partial charge in [-0.2, -0.15) is 9.37 Å². The Labute approximate surface area is 47.5 Å². The lowest BCUT2D eigenvalue weighted by atomic mass is 11.0. The molecule has 0 fully saturated rings. The van der Waals surface area contributed by atoms with Crippen LogP contribution >= 0.6 is 15.9 Å². The molecule has 1 radical (unpaired) electrons. The minimum atomic E-state index is -0.799. The minimum Gasteiger partial charge on any atom is -0.404 e. The monoisotopic (exact) mass is 164 g/mol. The molecule has 0 amide bonds. The van der Waals surface area contributed by atoms with Crippen LogP contribution in [0.4, 0.5) is 4.39 Å². The van der Waals surface area contributed by atoms with E-state index < -0.39 is 6.01 Å². The average molecular weight is 165 g/mol. The summed E-state index contributed by atoms with van der Waals surface area (Å²) in [6.07, 6.45) is 1.94. The lowest BCUT2D eigenvalue weighted by Gasteiger charge is -1.67. The van der Waals surface area contributed by atoms with Gasteiger partial charge >= 0.3 is 6.01 Å². The zero-order valence-electron chi connectivity index (χ0n) is 3.11. The first kappa shape index (κ1) is 4.77. The number of rotatable bonds is 0. The second kappa shape index (κ2) is 1.61. The van der Waals surface area contributed by atoms with Gasteiger partial charge in [0.05, 0.1) is 0 Å². The van der Waals surface area contributed by atoms with Crippen molar-refractivity contribution >= 4 is 15.9 Å². The molecule has 0 aliphatic rings. The molecule has 2 nitrogen and oxygen atoms in total. The van der Waals surface area contributed by atoms with Gasteiger partial charge in [0.25, 0.3) is 4.80 Å². The van der Waals surface area contributed by atoms with Gasteiger partial charge in [0, 0.05) is 15.9 Å². The van der Waals surface area contributed by atoms with Crippen LogP contribution in [0.1, 0.15) is 0 Å². The largest absolute Gasteiger partial charge is 0.404 e. The number of hydrogen-bond acceptors (Lipinski definition) is 2. The smallest absolute Gasteiger partial charge is 0.308 e. The van der Waals surface area contributed by atoms with Crippen molar-refractivity contribution in [2.45, 2.75) is 0 Å². The Morgan fingerprint density at radius 1 is 1.86 bits per heavy atom. The van der Waals surface area contributed by atoms with Crippen LogP contribution in [-0.2, 0) is 0 Å². The van der Waals surface area contributed by atoms with Crippen molar-refractivity contribution in [3.63, 3.8) is 0 Å². The van der Waals surface area contributed by atoms with Gasteiger partial charge in [-0.1, -0.05) is 0 Å². The fourth-order valence-electron chi connectivity index (χ4n) is 0.207. The molecule has 1 aromatic rings. The zero-order valence-corrected chi connectivity index (χ0v) is 4.70. The van der Waals surface area contributed by atoms with Gasteiger partial charge in [-0.05, 0) is 0 Å².